The summed E-state index contributed by atoms with van der Waals surface area (Å²) in [6.45, 7) is 7.32. The fourth-order valence-corrected chi connectivity index (χ4v) is 2.65. The lowest BCUT2D eigenvalue weighted by atomic mass is 9.82. The zero-order chi connectivity index (χ0) is 12.7. The number of ether oxygens (including phenoxy) is 1. The van der Waals surface area contributed by atoms with E-state index in [4.69, 9.17) is 4.74 Å². The molecule has 0 aromatic carbocycles. The van der Waals surface area contributed by atoms with E-state index in [0.29, 0.717) is 5.92 Å². The molecule has 0 bridgehead atoms. The summed E-state index contributed by atoms with van der Waals surface area (Å²) in [5.41, 5.74) is -0.445. The van der Waals surface area contributed by atoms with Crippen molar-refractivity contribution in [2.24, 2.45) is 5.92 Å². The van der Waals surface area contributed by atoms with Crippen molar-refractivity contribution < 1.29 is 9.84 Å². The molecule has 2 heteroatoms. The van der Waals surface area contributed by atoms with E-state index in [1.165, 1.54) is 32.1 Å². The van der Waals surface area contributed by atoms with Crippen molar-refractivity contribution in [1.82, 2.24) is 0 Å². The Labute approximate surface area is 107 Å². The number of hydrogen-bond acceptors (Lipinski definition) is 2. The fraction of sp³-hybridized carbons (Fsp3) is 1.00. The minimum absolute atomic E-state index is 0.254. The van der Waals surface area contributed by atoms with Gasteiger partial charge in [0.05, 0.1) is 11.7 Å². The molecule has 102 valence electrons. The van der Waals surface area contributed by atoms with E-state index in [2.05, 4.69) is 20.8 Å². The molecule has 2 nitrogen and oxygen atoms in total. The lowest BCUT2D eigenvalue weighted by Crippen LogP contribution is -2.42. The van der Waals surface area contributed by atoms with Gasteiger partial charge in [0.1, 0.15) is 0 Å². The standard InChI is InChI=1S/C15H30O2/c1-4-5-6-7-8-9-15(16)10-11-17-14(12-15)13(2)3/h13-14,16H,4-12H2,1-3H3. The first kappa shape index (κ1) is 15.0. The Bertz CT molecular complexity index is 203. The molecule has 2 unspecified atom stereocenters. The smallest absolute Gasteiger partial charge is 0.0694 e. The van der Waals surface area contributed by atoms with Crippen molar-refractivity contribution in [1.29, 1.82) is 0 Å². The molecule has 0 aromatic heterocycles. The van der Waals surface area contributed by atoms with Crippen molar-refractivity contribution >= 4 is 0 Å². The SMILES string of the molecule is CCCCCCCC1(O)CCOC(C(C)C)C1. The molecule has 1 rings (SSSR count). The molecular formula is C15H30O2. The third-order valence-electron chi connectivity index (χ3n) is 3.97. The first-order valence-corrected chi connectivity index (χ1v) is 7.41. The molecule has 0 spiro atoms. The molecule has 1 N–H and O–H groups in total. The van der Waals surface area contributed by atoms with E-state index in [-0.39, 0.29) is 6.10 Å². The Morgan fingerprint density at radius 3 is 2.59 bits per heavy atom. The summed E-state index contributed by atoms with van der Waals surface area (Å²) in [7, 11) is 0. The molecule has 2 atom stereocenters. The highest BCUT2D eigenvalue weighted by Gasteiger charge is 2.35. The van der Waals surface area contributed by atoms with Crippen LogP contribution in [0.15, 0.2) is 0 Å². The van der Waals surface area contributed by atoms with Gasteiger partial charge in [0.15, 0.2) is 0 Å². The molecule has 1 aliphatic heterocycles. The highest BCUT2D eigenvalue weighted by molar-refractivity contribution is 4.86. The van der Waals surface area contributed by atoms with E-state index in [1.807, 2.05) is 0 Å². The van der Waals surface area contributed by atoms with Gasteiger partial charge in [-0.05, 0) is 18.8 Å². The summed E-state index contributed by atoms with van der Waals surface area (Å²) < 4.78 is 5.72. The first-order valence-electron chi connectivity index (χ1n) is 7.41. The zero-order valence-electron chi connectivity index (χ0n) is 11.9. The second kappa shape index (κ2) is 7.38. The Balaban J connectivity index is 2.25. The Morgan fingerprint density at radius 1 is 1.24 bits per heavy atom. The van der Waals surface area contributed by atoms with E-state index >= 15 is 0 Å². The van der Waals surface area contributed by atoms with Gasteiger partial charge in [0.25, 0.3) is 0 Å². The first-order chi connectivity index (χ1) is 8.07. The second-order valence-corrected chi connectivity index (χ2v) is 6.00. The molecule has 0 radical (unpaired) electrons. The molecule has 1 aliphatic rings. The normalized spacial score (nSPS) is 29.8. The van der Waals surface area contributed by atoms with Crippen molar-refractivity contribution in [2.75, 3.05) is 6.61 Å². The van der Waals surface area contributed by atoms with Gasteiger partial charge >= 0.3 is 0 Å². The van der Waals surface area contributed by atoms with Crippen LogP contribution in [0.25, 0.3) is 0 Å². The molecule has 1 fully saturated rings. The fourth-order valence-electron chi connectivity index (χ4n) is 2.65. The van der Waals surface area contributed by atoms with Gasteiger partial charge in [-0.1, -0.05) is 52.9 Å². The van der Waals surface area contributed by atoms with E-state index in [1.54, 1.807) is 0 Å². The predicted octanol–water partition coefficient (Wildman–Crippen LogP) is 3.91. The van der Waals surface area contributed by atoms with Crippen molar-refractivity contribution in [3.63, 3.8) is 0 Å². The molecule has 0 amide bonds. The van der Waals surface area contributed by atoms with Gasteiger partial charge in [-0.15, -0.1) is 0 Å². The Morgan fingerprint density at radius 2 is 1.94 bits per heavy atom. The molecule has 0 aliphatic carbocycles. The number of unbranched alkanes of at least 4 members (excludes halogenated alkanes) is 4. The van der Waals surface area contributed by atoms with Crippen LogP contribution in [0.5, 0.6) is 0 Å². The average Bonchev–Trinajstić information content (AvgIpc) is 2.28. The molecule has 0 saturated carbocycles. The average molecular weight is 242 g/mol. The summed E-state index contributed by atoms with van der Waals surface area (Å²) in [5, 5.41) is 10.6. The largest absolute Gasteiger partial charge is 0.390 e. The molecule has 0 aromatic rings. The zero-order valence-corrected chi connectivity index (χ0v) is 11.9. The summed E-state index contributed by atoms with van der Waals surface area (Å²) in [6.07, 6.45) is 9.24. The third-order valence-corrected chi connectivity index (χ3v) is 3.97. The van der Waals surface area contributed by atoms with Crippen LogP contribution in [-0.2, 0) is 4.74 Å². The topological polar surface area (TPSA) is 29.5 Å². The van der Waals surface area contributed by atoms with Gasteiger partial charge in [0.2, 0.25) is 0 Å². The van der Waals surface area contributed by atoms with Gasteiger partial charge in [-0.25, -0.2) is 0 Å². The highest BCUT2D eigenvalue weighted by Crippen LogP contribution is 2.32. The second-order valence-electron chi connectivity index (χ2n) is 6.00. The van der Waals surface area contributed by atoms with E-state index < -0.39 is 5.60 Å². The maximum Gasteiger partial charge on any atom is 0.0694 e. The van der Waals surface area contributed by atoms with Gasteiger partial charge < -0.3 is 9.84 Å². The Kier molecular flexibility index (Phi) is 6.50. The monoisotopic (exact) mass is 242 g/mol. The van der Waals surface area contributed by atoms with Crippen LogP contribution in [0.1, 0.15) is 72.1 Å². The summed E-state index contributed by atoms with van der Waals surface area (Å²) >= 11 is 0. The van der Waals surface area contributed by atoms with Crippen LogP contribution >= 0.6 is 0 Å². The van der Waals surface area contributed by atoms with Crippen LogP contribution < -0.4 is 0 Å². The van der Waals surface area contributed by atoms with E-state index in [9.17, 15) is 5.11 Å². The maximum atomic E-state index is 10.6. The molecular weight excluding hydrogens is 212 g/mol. The molecule has 1 heterocycles. The van der Waals surface area contributed by atoms with E-state index in [0.717, 1.165) is 25.9 Å². The summed E-state index contributed by atoms with van der Waals surface area (Å²) in [6, 6.07) is 0. The van der Waals surface area contributed by atoms with Crippen LogP contribution in [0.3, 0.4) is 0 Å². The minimum Gasteiger partial charge on any atom is -0.390 e. The quantitative estimate of drug-likeness (QED) is 0.686. The Hall–Kier alpha value is -0.0800. The number of aliphatic hydroxyl groups is 1. The summed E-state index contributed by atoms with van der Waals surface area (Å²) in [5.74, 6) is 0.516. The lowest BCUT2D eigenvalue weighted by molar-refractivity contribution is -0.120. The van der Waals surface area contributed by atoms with Crippen molar-refractivity contribution in [3.05, 3.63) is 0 Å². The summed E-state index contributed by atoms with van der Waals surface area (Å²) in [4.78, 5) is 0. The van der Waals surface area contributed by atoms with Crippen LogP contribution in [0, 0.1) is 5.92 Å². The minimum atomic E-state index is -0.445. The maximum absolute atomic E-state index is 10.6. The number of hydrogen-bond donors (Lipinski definition) is 1. The number of rotatable bonds is 7. The van der Waals surface area contributed by atoms with Gasteiger partial charge in [0, 0.05) is 13.0 Å². The van der Waals surface area contributed by atoms with Crippen LogP contribution in [0.4, 0.5) is 0 Å². The molecule has 17 heavy (non-hydrogen) atoms. The predicted molar refractivity (Wildman–Crippen MR) is 72.1 cm³/mol. The van der Waals surface area contributed by atoms with Gasteiger partial charge in [-0.3, -0.25) is 0 Å². The van der Waals surface area contributed by atoms with Crippen molar-refractivity contribution in [2.45, 2.75) is 83.8 Å². The van der Waals surface area contributed by atoms with Crippen molar-refractivity contribution in [3.8, 4) is 0 Å². The molecule has 1 saturated heterocycles. The highest BCUT2D eigenvalue weighted by atomic mass is 16.5. The van der Waals surface area contributed by atoms with Crippen LogP contribution in [-0.4, -0.2) is 23.4 Å². The van der Waals surface area contributed by atoms with Crippen LogP contribution in [0.2, 0.25) is 0 Å². The third kappa shape index (κ3) is 5.39. The lowest BCUT2D eigenvalue weighted by Gasteiger charge is -2.38. The van der Waals surface area contributed by atoms with Gasteiger partial charge in [-0.2, -0.15) is 0 Å².